The van der Waals surface area contributed by atoms with Crippen LogP contribution in [0.4, 0.5) is 5.69 Å². The van der Waals surface area contributed by atoms with E-state index in [0.29, 0.717) is 24.1 Å². The van der Waals surface area contributed by atoms with Crippen LogP contribution in [0.25, 0.3) is 0 Å². The number of aliphatic hydroxyl groups excluding tert-OH is 1. The first-order valence-corrected chi connectivity index (χ1v) is 7.95. The molecule has 1 saturated carbocycles. The number of sulfonamides is 1. The quantitative estimate of drug-likeness (QED) is 0.726. The largest absolute Gasteiger partial charge is 0.399 e. The standard InChI is InChI=1S/C13H20N2O3S/c1-9-6-7-10(14)8-13(9)19(17,18)15-11-4-2-3-5-12(11)16/h6-8,11-12,15-16H,2-5,14H2,1H3. The maximum absolute atomic E-state index is 12.3. The molecule has 1 aliphatic rings. The van der Waals surface area contributed by atoms with Crippen LogP contribution in [0.1, 0.15) is 31.2 Å². The summed E-state index contributed by atoms with van der Waals surface area (Å²) in [5.41, 5.74) is 6.70. The van der Waals surface area contributed by atoms with Crippen LogP contribution in [0, 0.1) is 6.92 Å². The van der Waals surface area contributed by atoms with E-state index in [9.17, 15) is 13.5 Å². The predicted molar refractivity (Wildman–Crippen MR) is 74.2 cm³/mol. The number of nitrogen functional groups attached to an aromatic ring is 1. The fourth-order valence-corrected chi connectivity index (χ4v) is 4.00. The number of nitrogens with one attached hydrogen (secondary N) is 1. The summed E-state index contributed by atoms with van der Waals surface area (Å²) in [6.45, 7) is 1.73. The molecule has 5 nitrogen and oxygen atoms in total. The Morgan fingerprint density at radius 3 is 2.68 bits per heavy atom. The Balaban J connectivity index is 2.24. The Labute approximate surface area is 113 Å². The van der Waals surface area contributed by atoms with Gasteiger partial charge in [0.1, 0.15) is 0 Å². The molecule has 0 spiro atoms. The van der Waals surface area contributed by atoms with Crippen molar-refractivity contribution in [2.75, 3.05) is 5.73 Å². The summed E-state index contributed by atoms with van der Waals surface area (Å²) in [4.78, 5) is 0.185. The van der Waals surface area contributed by atoms with Crippen molar-refractivity contribution < 1.29 is 13.5 Å². The fourth-order valence-electron chi connectivity index (χ4n) is 2.42. The van der Waals surface area contributed by atoms with E-state index in [1.807, 2.05) is 0 Å². The topological polar surface area (TPSA) is 92.4 Å². The Kier molecular flexibility index (Phi) is 4.13. The van der Waals surface area contributed by atoms with E-state index < -0.39 is 22.2 Å². The summed E-state index contributed by atoms with van der Waals surface area (Å²) in [6, 6.07) is 4.40. The van der Waals surface area contributed by atoms with E-state index in [1.165, 1.54) is 6.07 Å². The summed E-state index contributed by atoms with van der Waals surface area (Å²) >= 11 is 0. The second kappa shape index (κ2) is 5.48. The van der Waals surface area contributed by atoms with Crippen LogP contribution in [-0.2, 0) is 10.0 Å². The lowest BCUT2D eigenvalue weighted by atomic mass is 9.93. The molecule has 2 unspecified atom stereocenters. The number of benzene rings is 1. The molecular weight excluding hydrogens is 264 g/mol. The highest BCUT2D eigenvalue weighted by atomic mass is 32.2. The molecule has 0 aromatic heterocycles. The van der Waals surface area contributed by atoms with Gasteiger partial charge in [-0.15, -0.1) is 0 Å². The van der Waals surface area contributed by atoms with Crippen LogP contribution < -0.4 is 10.5 Å². The number of aliphatic hydroxyl groups is 1. The van der Waals surface area contributed by atoms with E-state index in [-0.39, 0.29) is 4.90 Å². The Bertz CT molecular complexity index is 557. The van der Waals surface area contributed by atoms with Gasteiger partial charge in [0, 0.05) is 11.7 Å². The summed E-state index contributed by atoms with van der Waals surface area (Å²) in [5, 5.41) is 9.85. The molecule has 1 fully saturated rings. The minimum Gasteiger partial charge on any atom is -0.399 e. The van der Waals surface area contributed by atoms with Gasteiger partial charge in [0.2, 0.25) is 10.0 Å². The number of nitrogens with two attached hydrogens (primary N) is 1. The summed E-state index contributed by atoms with van der Waals surface area (Å²) in [7, 11) is -3.64. The van der Waals surface area contributed by atoms with Crippen LogP contribution in [0.3, 0.4) is 0 Å². The molecule has 1 aromatic carbocycles. The van der Waals surface area contributed by atoms with E-state index in [4.69, 9.17) is 5.73 Å². The molecule has 2 atom stereocenters. The van der Waals surface area contributed by atoms with Gasteiger partial charge in [-0.1, -0.05) is 18.9 Å². The third-order valence-electron chi connectivity index (χ3n) is 3.54. The molecule has 1 aromatic rings. The minimum absolute atomic E-state index is 0.185. The average molecular weight is 284 g/mol. The molecule has 0 radical (unpaired) electrons. The maximum atomic E-state index is 12.3. The molecule has 6 heteroatoms. The Morgan fingerprint density at radius 2 is 2.00 bits per heavy atom. The third kappa shape index (κ3) is 3.26. The van der Waals surface area contributed by atoms with Crippen molar-refractivity contribution in [3.05, 3.63) is 23.8 Å². The van der Waals surface area contributed by atoms with Crippen molar-refractivity contribution in [1.82, 2.24) is 4.72 Å². The molecule has 0 amide bonds. The first kappa shape index (κ1) is 14.3. The van der Waals surface area contributed by atoms with E-state index >= 15 is 0 Å². The van der Waals surface area contributed by atoms with E-state index in [1.54, 1.807) is 19.1 Å². The molecule has 19 heavy (non-hydrogen) atoms. The predicted octanol–water partition coefficient (Wildman–Crippen LogP) is 1.16. The number of anilines is 1. The molecule has 0 aliphatic heterocycles. The Morgan fingerprint density at radius 1 is 1.32 bits per heavy atom. The van der Waals surface area contributed by atoms with Gasteiger partial charge in [0.05, 0.1) is 11.0 Å². The molecule has 2 rings (SSSR count). The summed E-state index contributed by atoms with van der Waals surface area (Å²) in [5.74, 6) is 0. The van der Waals surface area contributed by atoms with Crippen molar-refractivity contribution in [1.29, 1.82) is 0 Å². The van der Waals surface area contributed by atoms with Crippen molar-refractivity contribution in [3.8, 4) is 0 Å². The van der Waals surface area contributed by atoms with E-state index in [0.717, 1.165) is 12.8 Å². The van der Waals surface area contributed by atoms with Crippen molar-refractivity contribution >= 4 is 15.7 Å². The molecule has 0 saturated heterocycles. The van der Waals surface area contributed by atoms with E-state index in [2.05, 4.69) is 4.72 Å². The molecule has 0 bridgehead atoms. The highest BCUT2D eigenvalue weighted by Gasteiger charge is 2.28. The van der Waals surface area contributed by atoms with Crippen LogP contribution >= 0.6 is 0 Å². The average Bonchev–Trinajstić information content (AvgIpc) is 2.35. The highest BCUT2D eigenvalue weighted by molar-refractivity contribution is 7.89. The van der Waals surface area contributed by atoms with Gasteiger partial charge >= 0.3 is 0 Å². The van der Waals surface area contributed by atoms with Gasteiger partial charge in [0.15, 0.2) is 0 Å². The van der Waals surface area contributed by atoms with Crippen molar-refractivity contribution in [2.24, 2.45) is 0 Å². The zero-order chi connectivity index (χ0) is 14.0. The molecule has 0 heterocycles. The van der Waals surface area contributed by atoms with Crippen LogP contribution in [0.2, 0.25) is 0 Å². The zero-order valence-corrected chi connectivity index (χ0v) is 11.8. The van der Waals surface area contributed by atoms with Gasteiger partial charge in [-0.3, -0.25) is 0 Å². The van der Waals surface area contributed by atoms with Crippen molar-refractivity contribution in [2.45, 2.75) is 49.6 Å². The lowest BCUT2D eigenvalue weighted by Gasteiger charge is -2.28. The summed E-state index contributed by atoms with van der Waals surface area (Å²) < 4.78 is 27.3. The van der Waals surface area contributed by atoms with Crippen LogP contribution in [0.15, 0.2) is 23.1 Å². The fraction of sp³-hybridized carbons (Fsp3) is 0.538. The zero-order valence-electron chi connectivity index (χ0n) is 11.0. The number of hydrogen-bond donors (Lipinski definition) is 3. The smallest absolute Gasteiger partial charge is 0.241 e. The highest BCUT2D eigenvalue weighted by Crippen LogP contribution is 2.23. The van der Waals surface area contributed by atoms with Crippen LogP contribution in [-0.4, -0.2) is 25.7 Å². The van der Waals surface area contributed by atoms with Crippen LogP contribution in [0.5, 0.6) is 0 Å². The number of rotatable bonds is 3. The lowest BCUT2D eigenvalue weighted by molar-refractivity contribution is 0.101. The monoisotopic (exact) mass is 284 g/mol. The maximum Gasteiger partial charge on any atom is 0.241 e. The van der Waals surface area contributed by atoms with Gasteiger partial charge in [-0.05, 0) is 37.5 Å². The molecular formula is C13H20N2O3S. The van der Waals surface area contributed by atoms with Crippen molar-refractivity contribution in [3.63, 3.8) is 0 Å². The second-order valence-electron chi connectivity index (χ2n) is 5.10. The van der Waals surface area contributed by atoms with Gasteiger partial charge < -0.3 is 10.8 Å². The Hall–Kier alpha value is -1.11. The third-order valence-corrected chi connectivity index (χ3v) is 5.17. The number of hydrogen-bond acceptors (Lipinski definition) is 4. The second-order valence-corrected chi connectivity index (χ2v) is 6.79. The van der Waals surface area contributed by atoms with Gasteiger partial charge in [-0.2, -0.15) is 0 Å². The molecule has 1 aliphatic carbocycles. The van der Waals surface area contributed by atoms with Gasteiger partial charge in [-0.25, -0.2) is 13.1 Å². The first-order valence-electron chi connectivity index (χ1n) is 6.46. The first-order chi connectivity index (χ1) is 8.90. The van der Waals surface area contributed by atoms with Gasteiger partial charge in [0.25, 0.3) is 0 Å². The number of aryl methyl sites for hydroxylation is 1. The lowest BCUT2D eigenvalue weighted by Crippen LogP contribution is -2.45. The summed E-state index contributed by atoms with van der Waals surface area (Å²) in [6.07, 6.45) is 2.58. The molecule has 106 valence electrons. The SMILES string of the molecule is Cc1ccc(N)cc1S(=O)(=O)NC1CCCCC1O. The minimum atomic E-state index is -3.64. The molecule has 4 N–H and O–H groups in total. The normalized spacial score (nSPS) is 24.3.